The zero-order chi connectivity index (χ0) is 31.0. The number of aryl methyl sites for hydroxylation is 1. The number of nitrogens with zero attached hydrogens (tertiary/aromatic N) is 2. The highest BCUT2D eigenvalue weighted by atomic mass is 31.3. The van der Waals surface area contributed by atoms with Gasteiger partial charge in [0.2, 0.25) is 7.75 Å². The Kier molecular flexibility index (Phi) is 13.3. The van der Waals surface area contributed by atoms with Crippen molar-refractivity contribution >= 4 is 29.4 Å². The van der Waals surface area contributed by atoms with E-state index in [1.165, 1.54) is 22.4 Å². The van der Waals surface area contributed by atoms with Crippen molar-refractivity contribution in [3.63, 3.8) is 0 Å². The normalized spacial score (nSPS) is 24.5. The Morgan fingerprint density at radius 1 is 1.12 bits per heavy atom. The molecule has 0 spiro atoms. The monoisotopic (exact) mass is 652 g/mol. The van der Waals surface area contributed by atoms with E-state index in [1.54, 1.807) is 0 Å². The van der Waals surface area contributed by atoms with Gasteiger partial charge in [-0.15, -0.1) is 0 Å². The largest absolute Gasteiger partial charge is 0.766 e. The lowest BCUT2D eigenvalue weighted by atomic mass is 10.2. The van der Waals surface area contributed by atoms with Crippen LogP contribution < -0.4 is 16.1 Å². The van der Waals surface area contributed by atoms with Crippen LogP contribution in [0.25, 0.3) is 0 Å². The molecule has 19 nitrogen and oxygen atoms in total. The van der Waals surface area contributed by atoms with Gasteiger partial charge in [0, 0.05) is 59.5 Å². The van der Waals surface area contributed by atoms with Crippen LogP contribution in [0.3, 0.4) is 0 Å². The Labute approximate surface area is 234 Å². The molecule has 0 bridgehead atoms. The first-order valence-electron chi connectivity index (χ1n) is 11.8. The number of H-pyrrole nitrogens is 1. The number of aliphatic hydroxyl groups excluding tert-OH is 1. The maximum absolute atomic E-state index is 12.2. The molecule has 5 atom stereocenters. The van der Waals surface area contributed by atoms with Crippen LogP contribution in [0.1, 0.15) is 25.1 Å². The topological polar surface area (TPSA) is 244 Å². The molecule has 0 aromatic carbocycles. The highest BCUT2D eigenvalue weighted by molar-refractivity contribution is 7.62. The lowest BCUT2D eigenvalue weighted by molar-refractivity contribution is -0.218. The molecule has 0 aliphatic carbocycles. The third-order valence-corrected chi connectivity index (χ3v) is 10.5. The molecule has 2 N–H and O–H groups in total. The Bertz CT molecular complexity index is 1290. The number of phosphoric acid groups is 2. The molecule has 236 valence electrons. The smallest absolute Gasteiger partial charge is 0.540 e. The second kappa shape index (κ2) is 15.3. The van der Waals surface area contributed by atoms with Crippen molar-refractivity contribution in [1.82, 2.24) is 14.2 Å². The van der Waals surface area contributed by atoms with Gasteiger partial charge in [-0.3, -0.25) is 37.3 Å². The molecule has 0 amide bonds. The molecule has 2 saturated heterocycles. The average molecular weight is 652 g/mol. The lowest BCUT2D eigenvalue weighted by Gasteiger charge is -2.37. The summed E-state index contributed by atoms with van der Waals surface area (Å²) < 4.78 is 74.7. The number of rotatable bonds is 11. The summed E-state index contributed by atoms with van der Waals surface area (Å²) in [6, 6.07) is 0. The van der Waals surface area contributed by atoms with E-state index in [0.717, 1.165) is 28.3 Å². The van der Waals surface area contributed by atoms with Crippen molar-refractivity contribution in [3.8, 4) is 0 Å². The van der Waals surface area contributed by atoms with Crippen LogP contribution in [0, 0.1) is 6.92 Å². The van der Waals surface area contributed by atoms with Crippen LogP contribution in [-0.4, -0.2) is 91.7 Å². The van der Waals surface area contributed by atoms with Crippen LogP contribution in [0.4, 0.5) is 0 Å². The zero-order valence-corrected chi connectivity index (χ0v) is 25.5. The van der Waals surface area contributed by atoms with E-state index in [4.69, 9.17) is 14.0 Å². The van der Waals surface area contributed by atoms with Crippen molar-refractivity contribution in [3.05, 3.63) is 32.6 Å². The minimum Gasteiger partial charge on any atom is -0.766 e. The van der Waals surface area contributed by atoms with Crippen molar-refractivity contribution in [2.75, 3.05) is 54.2 Å². The van der Waals surface area contributed by atoms with Gasteiger partial charge in [0.15, 0.2) is 0 Å². The van der Waals surface area contributed by atoms with E-state index >= 15 is 0 Å². The molecule has 3 rings (SSSR count). The summed E-state index contributed by atoms with van der Waals surface area (Å²) in [5.41, 5.74) is -0.844. The highest BCUT2D eigenvalue weighted by Crippen LogP contribution is 2.64. The van der Waals surface area contributed by atoms with Gasteiger partial charge >= 0.3 is 27.3 Å². The fourth-order valence-corrected chi connectivity index (χ4v) is 7.00. The van der Waals surface area contributed by atoms with Gasteiger partial charge in [-0.2, -0.15) is 4.31 Å². The predicted molar refractivity (Wildman–Crippen MR) is 136 cm³/mol. The number of aliphatic hydroxyl groups is 1. The summed E-state index contributed by atoms with van der Waals surface area (Å²) in [6.07, 6.45) is -1.34. The van der Waals surface area contributed by atoms with Crippen molar-refractivity contribution in [1.29, 1.82) is 0 Å². The van der Waals surface area contributed by atoms with E-state index in [0.29, 0.717) is 18.8 Å². The fourth-order valence-electron chi connectivity index (χ4n) is 3.39. The first-order valence-corrected chi connectivity index (χ1v) is 16.2. The summed E-state index contributed by atoms with van der Waals surface area (Å²) >= 11 is 0. The Morgan fingerprint density at radius 3 is 2.24 bits per heavy atom. The van der Waals surface area contributed by atoms with Gasteiger partial charge in [-0.1, -0.05) is 0 Å². The maximum atomic E-state index is 12.2. The van der Waals surface area contributed by atoms with Crippen molar-refractivity contribution < 1.29 is 64.9 Å². The van der Waals surface area contributed by atoms with Crippen LogP contribution in [-0.2, 0) is 54.9 Å². The molecule has 2 aliphatic rings. The van der Waals surface area contributed by atoms with E-state index in [-0.39, 0.29) is 26.1 Å². The second-order valence-electron chi connectivity index (χ2n) is 8.35. The van der Waals surface area contributed by atoms with Crippen LogP contribution in [0.15, 0.2) is 15.8 Å². The number of aromatic amines is 1. The molecule has 0 saturated carbocycles. The molecule has 2 aliphatic heterocycles. The number of phosphoric ester groups is 2. The molecular weight excluding hydrogens is 619 g/mol. The minimum atomic E-state index is -4.27. The summed E-state index contributed by atoms with van der Waals surface area (Å²) in [7, 11) is -9.60. The molecule has 41 heavy (non-hydrogen) atoms. The Balaban J connectivity index is 0.000000337. The van der Waals surface area contributed by atoms with E-state index in [1.807, 2.05) is 0 Å². The predicted octanol–water partition coefficient (Wildman–Crippen LogP) is 0.0321. The molecule has 2 fully saturated rings. The molecule has 3 heterocycles. The van der Waals surface area contributed by atoms with Crippen molar-refractivity contribution in [2.45, 2.75) is 38.7 Å². The van der Waals surface area contributed by atoms with Gasteiger partial charge in [0.05, 0.1) is 25.9 Å². The quantitative estimate of drug-likeness (QED) is 0.299. The molecule has 22 heteroatoms. The molecule has 1 aromatic heterocycles. The van der Waals surface area contributed by atoms with Gasteiger partial charge in [-0.25, -0.2) is 18.6 Å². The summed E-state index contributed by atoms with van der Waals surface area (Å²) in [4.78, 5) is 48.3. The number of nitrogens with one attached hydrogen (secondary N) is 1. The summed E-state index contributed by atoms with van der Waals surface area (Å²) in [6.45, 7) is 3.18. The Hall–Kier alpha value is -1.56. The number of carbonyl (C=O) groups is 1. The van der Waals surface area contributed by atoms with E-state index in [2.05, 4.69) is 27.4 Å². The van der Waals surface area contributed by atoms with Gasteiger partial charge in [0.1, 0.15) is 12.3 Å². The Morgan fingerprint density at radius 2 is 1.71 bits per heavy atom. The number of hydrogen-bond acceptors (Lipinski definition) is 16. The van der Waals surface area contributed by atoms with Gasteiger partial charge in [-0.05, 0) is 6.92 Å². The molecule has 1 aromatic rings. The van der Waals surface area contributed by atoms with E-state index < -0.39 is 59.0 Å². The van der Waals surface area contributed by atoms with Crippen LogP contribution in [0.2, 0.25) is 0 Å². The highest BCUT2D eigenvalue weighted by Gasteiger charge is 2.40. The first kappa shape index (κ1) is 35.6. The summed E-state index contributed by atoms with van der Waals surface area (Å²) in [5, 5.41) is 10.1. The average Bonchev–Trinajstić information content (AvgIpc) is 3.30. The van der Waals surface area contributed by atoms with Gasteiger partial charge in [0.25, 0.3) is 5.56 Å². The minimum absolute atomic E-state index is 0.0696. The van der Waals surface area contributed by atoms with Crippen LogP contribution >= 0.6 is 23.4 Å². The van der Waals surface area contributed by atoms with Crippen molar-refractivity contribution in [2.24, 2.45) is 0 Å². The maximum Gasteiger partial charge on any atom is 0.540 e. The lowest BCUT2D eigenvalue weighted by Crippen LogP contribution is -2.39. The third kappa shape index (κ3) is 10.3. The summed E-state index contributed by atoms with van der Waals surface area (Å²) in [5.74, 6) is -0.918. The molecule has 0 radical (unpaired) electrons. The fraction of sp³-hybridized carbons (Fsp3) is 0.737. The first-order chi connectivity index (χ1) is 19.1. The number of morpholine rings is 1. The molecular formula is C19H33N3O16P3-. The number of aromatic nitrogens is 2. The number of hydrogen-bond donors (Lipinski definition) is 2. The second-order valence-corrected chi connectivity index (χ2v) is 13.8. The SMILES string of the molecule is COP(=O)(OC)OP(=O)(OC)OC(C)=O.Cc1cn([C@H]2CC(O)[C@@H](COP(=O)([O-])N3CCOCC3)O2)c(=O)[nH]c1=O. The van der Waals surface area contributed by atoms with Gasteiger partial charge < -0.3 is 28.5 Å². The van der Waals surface area contributed by atoms with Crippen LogP contribution in [0.5, 0.6) is 0 Å². The van der Waals surface area contributed by atoms with E-state index in [9.17, 15) is 38.1 Å². The number of carbonyl (C=O) groups excluding carboxylic acids is 1. The standard InChI is InChI=1S/C14H22N3O8P.C5H12O8P2/c1-9-7-17(14(20)15-13(9)19)12-6-10(18)11(25-12)8-24-26(21,22)16-2-4-23-5-3-16;1-5(6)12-15(8,11-4)13-14(7,9-2)10-3/h7,10-12,18H,2-6,8H2,1H3,(H,21,22)(H,15,19,20);1-4H3/p-1/t10?,11-,12-;/m1./s1. The third-order valence-electron chi connectivity index (χ3n) is 5.51. The molecule has 3 unspecified atom stereocenters. The zero-order valence-electron chi connectivity index (χ0n) is 22.9. The number of ether oxygens (including phenoxy) is 2.